The highest BCUT2D eigenvalue weighted by Crippen LogP contribution is 2.21. The van der Waals surface area contributed by atoms with Crippen molar-refractivity contribution in [2.24, 2.45) is 5.92 Å². The summed E-state index contributed by atoms with van der Waals surface area (Å²) in [6, 6.07) is 3.11. The van der Waals surface area contributed by atoms with Crippen molar-refractivity contribution in [3.05, 3.63) is 29.0 Å². The van der Waals surface area contributed by atoms with E-state index in [1.807, 2.05) is 6.92 Å². The average molecular weight is 293 g/mol. The van der Waals surface area contributed by atoms with Crippen LogP contribution in [0, 0.1) is 11.7 Å². The largest absolute Gasteiger partial charge is 0.298 e. The normalized spacial score (nSPS) is 13.3. The quantitative estimate of drug-likeness (QED) is 0.784. The highest BCUT2D eigenvalue weighted by atomic mass is 35.5. The first-order valence-corrected chi connectivity index (χ1v) is 7.51. The monoisotopic (exact) mass is 292 g/mol. The summed E-state index contributed by atoms with van der Waals surface area (Å²) in [7, 11) is -3.75. The van der Waals surface area contributed by atoms with Gasteiger partial charge in [0.25, 0.3) is 0 Å². The SMILES string of the molecule is CCC(C)C(=O)CS(=O)(=O)c1ccc(F)c(Cl)c1. The first kappa shape index (κ1) is 15.1. The maximum absolute atomic E-state index is 12.9. The molecule has 0 fully saturated rings. The maximum atomic E-state index is 12.9. The number of hydrogen-bond acceptors (Lipinski definition) is 3. The Labute approximate surface area is 111 Å². The Morgan fingerprint density at radius 2 is 2.06 bits per heavy atom. The molecule has 100 valence electrons. The van der Waals surface area contributed by atoms with Gasteiger partial charge in [-0.25, -0.2) is 12.8 Å². The maximum Gasteiger partial charge on any atom is 0.185 e. The van der Waals surface area contributed by atoms with Crippen LogP contribution in [-0.2, 0) is 14.6 Å². The molecular formula is C12H14ClFO3S. The minimum absolute atomic E-state index is 0.134. The highest BCUT2D eigenvalue weighted by Gasteiger charge is 2.23. The van der Waals surface area contributed by atoms with Crippen LogP contribution in [0.15, 0.2) is 23.1 Å². The van der Waals surface area contributed by atoms with Gasteiger partial charge in [0.15, 0.2) is 15.6 Å². The van der Waals surface area contributed by atoms with E-state index in [4.69, 9.17) is 11.6 Å². The van der Waals surface area contributed by atoms with Gasteiger partial charge in [0.2, 0.25) is 0 Å². The van der Waals surface area contributed by atoms with Crippen LogP contribution in [0.2, 0.25) is 5.02 Å². The molecule has 0 N–H and O–H groups in total. The molecule has 3 nitrogen and oxygen atoms in total. The fraction of sp³-hybridized carbons (Fsp3) is 0.417. The average Bonchev–Trinajstić information content (AvgIpc) is 2.30. The van der Waals surface area contributed by atoms with E-state index in [9.17, 15) is 17.6 Å². The van der Waals surface area contributed by atoms with Gasteiger partial charge in [-0.1, -0.05) is 25.4 Å². The number of hydrogen-bond donors (Lipinski definition) is 0. The summed E-state index contributed by atoms with van der Waals surface area (Å²) in [5.74, 6) is -1.93. The fourth-order valence-electron chi connectivity index (χ4n) is 1.31. The van der Waals surface area contributed by atoms with E-state index in [0.717, 1.165) is 18.2 Å². The lowest BCUT2D eigenvalue weighted by molar-refractivity contribution is -0.119. The Hall–Kier alpha value is -0.940. The van der Waals surface area contributed by atoms with Gasteiger partial charge in [-0.15, -0.1) is 0 Å². The second-order valence-corrected chi connectivity index (χ2v) is 6.51. The Bertz CT molecular complexity index is 554. The molecule has 1 aromatic rings. The van der Waals surface area contributed by atoms with E-state index < -0.39 is 21.4 Å². The van der Waals surface area contributed by atoms with Gasteiger partial charge in [-0.2, -0.15) is 0 Å². The number of carbonyl (C=O) groups excluding carboxylic acids is 1. The van der Waals surface area contributed by atoms with Crippen molar-refractivity contribution in [1.29, 1.82) is 0 Å². The summed E-state index contributed by atoms with van der Waals surface area (Å²) >= 11 is 5.52. The first-order chi connectivity index (χ1) is 8.27. The summed E-state index contributed by atoms with van der Waals surface area (Å²) in [5, 5.41) is -0.271. The zero-order valence-corrected chi connectivity index (χ0v) is 11.7. The second kappa shape index (κ2) is 5.80. The minimum atomic E-state index is -3.75. The van der Waals surface area contributed by atoms with E-state index in [-0.39, 0.29) is 21.6 Å². The van der Waals surface area contributed by atoms with Gasteiger partial charge >= 0.3 is 0 Å². The van der Waals surface area contributed by atoms with E-state index >= 15 is 0 Å². The predicted octanol–water partition coefficient (Wildman–Crippen LogP) is 2.87. The van der Waals surface area contributed by atoms with Crippen molar-refractivity contribution in [1.82, 2.24) is 0 Å². The summed E-state index contributed by atoms with van der Waals surface area (Å²) in [6.07, 6.45) is 0.582. The fourth-order valence-corrected chi connectivity index (χ4v) is 2.95. The van der Waals surface area contributed by atoms with Crippen molar-refractivity contribution >= 4 is 27.2 Å². The molecule has 1 aromatic carbocycles. The zero-order chi connectivity index (χ0) is 13.9. The molecule has 0 saturated carbocycles. The van der Waals surface area contributed by atoms with Crippen LogP contribution in [0.25, 0.3) is 0 Å². The summed E-state index contributed by atoms with van der Waals surface area (Å²) in [5.41, 5.74) is 0. The molecule has 0 aromatic heterocycles. The van der Waals surface area contributed by atoms with E-state index in [1.165, 1.54) is 0 Å². The zero-order valence-electron chi connectivity index (χ0n) is 10.1. The molecule has 0 heterocycles. The first-order valence-electron chi connectivity index (χ1n) is 5.48. The number of benzene rings is 1. The summed E-state index contributed by atoms with van der Waals surface area (Å²) in [4.78, 5) is 11.5. The lowest BCUT2D eigenvalue weighted by atomic mass is 10.1. The lowest BCUT2D eigenvalue weighted by Crippen LogP contribution is -2.21. The molecule has 1 rings (SSSR count). The highest BCUT2D eigenvalue weighted by molar-refractivity contribution is 7.92. The third kappa shape index (κ3) is 3.53. The van der Waals surface area contributed by atoms with Gasteiger partial charge in [-0.3, -0.25) is 4.79 Å². The van der Waals surface area contributed by atoms with E-state index in [0.29, 0.717) is 6.42 Å². The molecule has 0 bridgehead atoms. The number of halogens is 2. The van der Waals surface area contributed by atoms with Crippen molar-refractivity contribution in [3.63, 3.8) is 0 Å². The van der Waals surface area contributed by atoms with E-state index in [1.54, 1.807) is 6.92 Å². The van der Waals surface area contributed by atoms with Crippen LogP contribution in [0.4, 0.5) is 4.39 Å². The second-order valence-electron chi connectivity index (χ2n) is 4.11. The Morgan fingerprint density at radius 1 is 1.44 bits per heavy atom. The van der Waals surface area contributed by atoms with Crippen LogP contribution < -0.4 is 0 Å². The number of Topliss-reactive ketones (excluding diaryl/α,β-unsaturated/α-hetero) is 1. The number of carbonyl (C=O) groups is 1. The molecule has 0 aliphatic rings. The third-order valence-corrected chi connectivity index (χ3v) is 4.67. The summed E-state index contributed by atoms with van der Waals surface area (Å²) < 4.78 is 36.8. The Kier molecular flexibility index (Phi) is 4.87. The predicted molar refractivity (Wildman–Crippen MR) is 67.9 cm³/mol. The van der Waals surface area contributed by atoms with Gasteiger partial charge in [-0.05, 0) is 24.6 Å². The van der Waals surface area contributed by atoms with Crippen LogP contribution in [-0.4, -0.2) is 20.0 Å². The molecule has 18 heavy (non-hydrogen) atoms. The van der Waals surface area contributed by atoms with Crippen LogP contribution in [0.3, 0.4) is 0 Å². The number of ketones is 1. The van der Waals surface area contributed by atoms with Gasteiger partial charge in [0.05, 0.1) is 9.92 Å². The molecule has 0 amide bonds. The molecule has 0 aliphatic carbocycles. The van der Waals surface area contributed by atoms with Crippen LogP contribution in [0.1, 0.15) is 20.3 Å². The molecule has 6 heteroatoms. The van der Waals surface area contributed by atoms with Crippen molar-refractivity contribution in [2.45, 2.75) is 25.2 Å². The minimum Gasteiger partial charge on any atom is -0.298 e. The Morgan fingerprint density at radius 3 is 2.56 bits per heavy atom. The van der Waals surface area contributed by atoms with E-state index in [2.05, 4.69) is 0 Å². The standard InChI is InChI=1S/C12H14ClFO3S/c1-3-8(2)12(15)7-18(16,17)9-4-5-11(14)10(13)6-9/h4-6,8H,3,7H2,1-2H3. The molecule has 1 unspecified atom stereocenters. The van der Waals surface area contributed by atoms with Crippen LogP contribution >= 0.6 is 11.6 Å². The van der Waals surface area contributed by atoms with Crippen molar-refractivity contribution in [3.8, 4) is 0 Å². The molecule has 0 aliphatic heterocycles. The number of rotatable bonds is 5. The molecule has 0 saturated heterocycles. The van der Waals surface area contributed by atoms with Crippen molar-refractivity contribution < 1.29 is 17.6 Å². The lowest BCUT2D eigenvalue weighted by Gasteiger charge is -2.08. The van der Waals surface area contributed by atoms with Gasteiger partial charge < -0.3 is 0 Å². The third-order valence-electron chi connectivity index (χ3n) is 2.74. The van der Waals surface area contributed by atoms with Crippen LogP contribution in [0.5, 0.6) is 0 Å². The topological polar surface area (TPSA) is 51.2 Å². The molecule has 0 radical (unpaired) electrons. The smallest absolute Gasteiger partial charge is 0.185 e. The number of sulfone groups is 1. The molecule has 1 atom stereocenters. The van der Waals surface area contributed by atoms with Crippen molar-refractivity contribution in [2.75, 3.05) is 5.75 Å². The molecule has 0 spiro atoms. The summed E-state index contributed by atoms with van der Waals surface area (Å²) in [6.45, 7) is 3.49. The van der Waals surface area contributed by atoms with Gasteiger partial charge in [0.1, 0.15) is 11.6 Å². The van der Waals surface area contributed by atoms with Gasteiger partial charge in [0, 0.05) is 5.92 Å². The molecular weight excluding hydrogens is 279 g/mol. The Balaban J connectivity index is 3.00.